The molecule has 0 amide bonds. The first-order valence-electron chi connectivity index (χ1n) is 13.5. The van der Waals surface area contributed by atoms with Crippen LogP contribution in [0.1, 0.15) is 52.6 Å². The number of fused-ring (bicyclic) bond motifs is 1. The lowest BCUT2D eigenvalue weighted by Crippen LogP contribution is -2.51. The summed E-state index contributed by atoms with van der Waals surface area (Å²) in [6.07, 6.45) is -0.531. The van der Waals surface area contributed by atoms with Crippen molar-refractivity contribution in [3.63, 3.8) is 0 Å². The van der Waals surface area contributed by atoms with Crippen LogP contribution < -0.4 is 10.1 Å². The molecule has 0 saturated heterocycles. The van der Waals surface area contributed by atoms with E-state index in [2.05, 4.69) is 17.4 Å². The molecule has 0 aromatic heterocycles. The van der Waals surface area contributed by atoms with Crippen molar-refractivity contribution in [3.05, 3.63) is 131 Å². The number of aryl methyl sites for hydroxylation is 1. The molecule has 0 spiro atoms. The highest BCUT2D eigenvalue weighted by Gasteiger charge is 2.47. The van der Waals surface area contributed by atoms with Crippen molar-refractivity contribution in [3.8, 4) is 5.75 Å². The second-order valence-electron chi connectivity index (χ2n) is 10.7. The molecule has 1 aliphatic rings. The second kappa shape index (κ2) is 11.9. The van der Waals surface area contributed by atoms with Crippen LogP contribution in [0.25, 0.3) is 0 Å². The topological polar surface area (TPSA) is 56.8 Å². The fourth-order valence-corrected chi connectivity index (χ4v) is 4.85. The number of hydrogen-bond acceptors (Lipinski definition) is 5. The first kappa shape index (κ1) is 27.4. The summed E-state index contributed by atoms with van der Waals surface area (Å²) in [4.78, 5) is 13.2. The molecule has 40 heavy (non-hydrogen) atoms. The van der Waals surface area contributed by atoms with Gasteiger partial charge in [0, 0.05) is 17.8 Å². The Morgan fingerprint density at radius 3 is 2.38 bits per heavy atom. The number of rotatable bonds is 9. The number of benzene rings is 4. The fraction of sp³-hybridized carbons (Fsp3) is 0.265. The molecule has 0 aliphatic carbocycles. The molecule has 1 aliphatic heterocycles. The number of esters is 1. The largest absolute Gasteiger partial charge is 0.483 e. The van der Waals surface area contributed by atoms with Gasteiger partial charge in [-0.1, -0.05) is 60.2 Å². The van der Waals surface area contributed by atoms with Crippen LogP contribution in [0.15, 0.2) is 97.1 Å². The zero-order valence-corrected chi connectivity index (χ0v) is 23.0. The Morgan fingerprint density at radius 2 is 1.65 bits per heavy atom. The summed E-state index contributed by atoms with van der Waals surface area (Å²) in [6, 6.07) is 29.7. The lowest BCUT2D eigenvalue weighted by molar-refractivity contribution is -0.139. The third-order valence-corrected chi connectivity index (χ3v) is 7.11. The summed E-state index contributed by atoms with van der Waals surface area (Å²) in [5.74, 6) is -0.00364. The normalized spacial score (nSPS) is 17.4. The van der Waals surface area contributed by atoms with Crippen LogP contribution >= 0.6 is 0 Å². The van der Waals surface area contributed by atoms with Gasteiger partial charge in [0.15, 0.2) is 6.10 Å². The van der Waals surface area contributed by atoms with Crippen molar-refractivity contribution < 1.29 is 23.4 Å². The Hall–Kier alpha value is -4.16. The lowest BCUT2D eigenvalue weighted by Gasteiger charge is -2.43. The van der Waals surface area contributed by atoms with Crippen molar-refractivity contribution in [1.29, 1.82) is 0 Å². The molecule has 2 atom stereocenters. The highest BCUT2D eigenvalue weighted by atomic mass is 19.1. The van der Waals surface area contributed by atoms with E-state index < -0.39 is 23.8 Å². The quantitative estimate of drug-likeness (QED) is 0.224. The van der Waals surface area contributed by atoms with Crippen molar-refractivity contribution in [2.45, 2.75) is 51.5 Å². The Labute approximate surface area is 234 Å². The zero-order chi connectivity index (χ0) is 28.1. The maximum Gasteiger partial charge on any atom is 0.338 e. The molecular weight excluding hydrogens is 505 g/mol. The van der Waals surface area contributed by atoms with E-state index in [1.54, 1.807) is 24.3 Å². The number of anilines is 1. The van der Waals surface area contributed by atoms with Crippen molar-refractivity contribution >= 4 is 11.7 Å². The number of halogens is 1. The molecule has 1 heterocycles. The lowest BCUT2D eigenvalue weighted by atomic mass is 9.87. The van der Waals surface area contributed by atoms with Crippen molar-refractivity contribution in [2.75, 3.05) is 11.9 Å². The van der Waals surface area contributed by atoms with Gasteiger partial charge >= 0.3 is 5.97 Å². The van der Waals surface area contributed by atoms with Gasteiger partial charge in [-0.25, -0.2) is 9.18 Å². The molecule has 0 fully saturated rings. The van der Waals surface area contributed by atoms with Gasteiger partial charge in [-0.2, -0.15) is 0 Å². The van der Waals surface area contributed by atoms with Gasteiger partial charge in [-0.3, -0.25) is 0 Å². The number of carbonyl (C=O) groups is 1. The summed E-state index contributed by atoms with van der Waals surface area (Å²) in [6.45, 7) is 6.77. The van der Waals surface area contributed by atoms with Crippen LogP contribution in [0.4, 0.5) is 10.1 Å². The minimum Gasteiger partial charge on any atom is -0.483 e. The molecule has 4 aromatic rings. The Balaban J connectivity index is 1.41. The Bertz CT molecular complexity index is 1440. The van der Waals surface area contributed by atoms with Crippen molar-refractivity contribution in [1.82, 2.24) is 0 Å². The molecule has 2 unspecified atom stereocenters. The molecule has 0 saturated carbocycles. The van der Waals surface area contributed by atoms with Crippen LogP contribution in [0, 0.1) is 12.7 Å². The van der Waals surface area contributed by atoms with Gasteiger partial charge in [0.05, 0.1) is 12.2 Å². The maximum absolute atomic E-state index is 13.3. The van der Waals surface area contributed by atoms with Gasteiger partial charge in [-0.15, -0.1) is 0 Å². The average molecular weight is 540 g/mol. The summed E-state index contributed by atoms with van der Waals surface area (Å²) < 4.78 is 32.4. The van der Waals surface area contributed by atoms with E-state index in [-0.39, 0.29) is 5.82 Å². The summed E-state index contributed by atoms with van der Waals surface area (Å²) in [7, 11) is 0. The third kappa shape index (κ3) is 6.52. The summed E-state index contributed by atoms with van der Waals surface area (Å²) in [5.41, 5.74) is 4.48. The summed E-state index contributed by atoms with van der Waals surface area (Å²) in [5, 5.41) is 3.40. The number of nitrogens with one attached hydrogen (secondary N) is 1. The fourth-order valence-electron chi connectivity index (χ4n) is 4.85. The van der Waals surface area contributed by atoms with Gasteiger partial charge in [0.25, 0.3) is 0 Å². The van der Waals surface area contributed by atoms with Crippen LogP contribution in [-0.2, 0) is 22.4 Å². The first-order valence-corrected chi connectivity index (χ1v) is 13.5. The molecule has 5 rings (SSSR count). The predicted octanol–water partition coefficient (Wildman–Crippen LogP) is 7.44. The van der Waals surface area contributed by atoms with Crippen LogP contribution in [-0.4, -0.2) is 24.3 Å². The van der Waals surface area contributed by atoms with E-state index >= 15 is 0 Å². The Kier molecular flexibility index (Phi) is 8.17. The zero-order valence-electron chi connectivity index (χ0n) is 23.0. The number of carbonyl (C=O) groups excluding carboxylic acids is 1. The maximum atomic E-state index is 13.3. The molecular formula is C34H34FNO4. The third-order valence-electron chi connectivity index (χ3n) is 7.11. The number of ether oxygens (including phenoxy) is 3. The van der Waals surface area contributed by atoms with Crippen LogP contribution in [0.5, 0.6) is 5.75 Å². The smallest absolute Gasteiger partial charge is 0.338 e. The first-order chi connectivity index (χ1) is 19.3. The highest BCUT2D eigenvalue weighted by molar-refractivity contribution is 5.89. The highest BCUT2D eigenvalue weighted by Crippen LogP contribution is 2.44. The molecule has 0 bridgehead atoms. The van der Waals surface area contributed by atoms with Crippen LogP contribution in [0.2, 0.25) is 0 Å². The average Bonchev–Trinajstić information content (AvgIpc) is 2.95. The van der Waals surface area contributed by atoms with E-state index in [1.807, 2.05) is 69.3 Å². The minimum atomic E-state index is -0.839. The standard InChI is InChI=1S/C34H34FNO4/c1-23-9-13-26(14-10-23)33(37)39-32-31(38-20-19-24-7-5-4-6-8-24)29-21-28(17-18-30(29)40-34(32,2)3)36-22-25-11-15-27(35)16-12-25/h4-18,21,31-32,36H,19-20,22H2,1-3H3. The van der Waals surface area contributed by atoms with E-state index in [0.29, 0.717) is 24.5 Å². The molecule has 5 nitrogen and oxygen atoms in total. The number of hydrogen-bond donors (Lipinski definition) is 1. The van der Waals surface area contributed by atoms with E-state index in [0.717, 1.165) is 34.4 Å². The monoisotopic (exact) mass is 539 g/mol. The van der Waals surface area contributed by atoms with Crippen LogP contribution in [0.3, 0.4) is 0 Å². The van der Waals surface area contributed by atoms with E-state index in [9.17, 15) is 9.18 Å². The SMILES string of the molecule is Cc1ccc(C(=O)OC2C(OCCc3ccccc3)c3cc(NCc4ccc(F)cc4)ccc3OC2(C)C)cc1. The van der Waals surface area contributed by atoms with Gasteiger partial charge in [0.1, 0.15) is 23.3 Å². The predicted molar refractivity (Wildman–Crippen MR) is 154 cm³/mol. The molecule has 4 aromatic carbocycles. The molecule has 206 valence electrons. The van der Waals surface area contributed by atoms with E-state index in [4.69, 9.17) is 14.2 Å². The molecule has 0 radical (unpaired) electrons. The van der Waals surface area contributed by atoms with Crippen molar-refractivity contribution in [2.24, 2.45) is 0 Å². The van der Waals surface area contributed by atoms with Gasteiger partial charge in [-0.05, 0) is 80.8 Å². The molecule has 6 heteroatoms. The van der Waals surface area contributed by atoms with Gasteiger partial charge in [0.2, 0.25) is 0 Å². The Morgan fingerprint density at radius 1 is 0.925 bits per heavy atom. The summed E-state index contributed by atoms with van der Waals surface area (Å²) >= 11 is 0. The second-order valence-corrected chi connectivity index (χ2v) is 10.7. The van der Waals surface area contributed by atoms with Gasteiger partial charge < -0.3 is 19.5 Å². The minimum absolute atomic E-state index is 0.265. The van der Waals surface area contributed by atoms with E-state index in [1.165, 1.54) is 12.1 Å². The molecule has 1 N–H and O–H groups in total.